The molecule has 0 aliphatic heterocycles. The maximum atomic E-state index is 12.5. The summed E-state index contributed by atoms with van der Waals surface area (Å²) in [7, 11) is 0. The van der Waals surface area contributed by atoms with Crippen molar-refractivity contribution in [1.82, 2.24) is 20.4 Å². The maximum absolute atomic E-state index is 12.5. The largest absolute Gasteiger partial charge is 0.419 e. The van der Waals surface area contributed by atoms with Crippen molar-refractivity contribution in [2.24, 2.45) is 5.92 Å². The van der Waals surface area contributed by atoms with Gasteiger partial charge >= 0.3 is 0 Å². The van der Waals surface area contributed by atoms with Crippen LogP contribution >= 0.6 is 11.6 Å². The molecule has 2 aromatic rings. The Morgan fingerprint density at radius 1 is 1.39 bits per heavy atom. The molecule has 1 N–H and O–H groups in total. The molecule has 0 aliphatic rings. The minimum Gasteiger partial charge on any atom is -0.419 e. The molecule has 1 aromatic heterocycles. The first-order valence-electron chi connectivity index (χ1n) is 9.31. The summed E-state index contributed by atoms with van der Waals surface area (Å²) in [6, 6.07) is 9.43. The van der Waals surface area contributed by atoms with E-state index in [1.165, 1.54) is 0 Å². The number of hydrogen-bond donors (Lipinski definition) is 1. The molecule has 150 valence electrons. The number of amides is 1. The zero-order valence-electron chi connectivity index (χ0n) is 16.7. The zero-order chi connectivity index (χ0) is 20.7. The second kappa shape index (κ2) is 9.67. The molecule has 0 fully saturated rings. The summed E-state index contributed by atoms with van der Waals surface area (Å²) in [5, 5.41) is 20.9. The van der Waals surface area contributed by atoms with E-state index in [0.29, 0.717) is 35.5 Å². The number of carbonyl (C=O) groups is 1. The summed E-state index contributed by atoms with van der Waals surface area (Å²) in [6.45, 7) is 8.73. The standard InChI is InChI=1S/C20H26ClN5O2/c1-5-10-26(11-17(27)23-20(4,13-22)14(2)3)12-18-24-25-19(28-18)15-8-6-7-9-16(15)21/h6-9,14H,5,10-12H2,1-4H3,(H,23,27). The molecular weight excluding hydrogens is 378 g/mol. The Morgan fingerprint density at radius 3 is 2.71 bits per heavy atom. The van der Waals surface area contributed by atoms with E-state index in [1.54, 1.807) is 13.0 Å². The summed E-state index contributed by atoms with van der Waals surface area (Å²) >= 11 is 6.18. The third-order valence-corrected chi connectivity index (χ3v) is 4.95. The van der Waals surface area contributed by atoms with Gasteiger partial charge in [0.1, 0.15) is 5.54 Å². The average molecular weight is 404 g/mol. The molecule has 1 amide bonds. The van der Waals surface area contributed by atoms with Crippen molar-refractivity contribution in [2.45, 2.75) is 46.2 Å². The molecule has 7 nitrogen and oxygen atoms in total. The fourth-order valence-electron chi connectivity index (χ4n) is 2.62. The monoisotopic (exact) mass is 403 g/mol. The molecule has 0 saturated carbocycles. The van der Waals surface area contributed by atoms with Gasteiger partial charge in [-0.3, -0.25) is 9.69 Å². The molecule has 28 heavy (non-hydrogen) atoms. The quantitative estimate of drug-likeness (QED) is 0.686. The highest BCUT2D eigenvalue weighted by Gasteiger charge is 2.30. The Morgan fingerprint density at radius 2 is 2.11 bits per heavy atom. The number of nitrogens with one attached hydrogen (secondary N) is 1. The topological polar surface area (TPSA) is 95.1 Å². The number of hydrogen-bond acceptors (Lipinski definition) is 6. The molecule has 8 heteroatoms. The summed E-state index contributed by atoms with van der Waals surface area (Å²) in [5.74, 6) is 0.536. The van der Waals surface area contributed by atoms with Crippen LogP contribution in [-0.4, -0.2) is 39.6 Å². The van der Waals surface area contributed by atoms with Crippen LogP contribution in [-0.2, 0) is 11.3 Å². The number of benzene rings is 1. The van der Waals surface area contributed by atoms with Crippen LogP contribution in [0.3, 0.4) is 0 Å². The summed E-state index contributed by atoms with van der Waals surface area (Å²) in [4.78, 5) is 14.4. The van der Waals surface area contributed by atoms with Crippen molar-refractivity contribution in [3.05, 3.63) is 35.2 Å². The van der Waals surface area contributed by atoms with Gasteiger partial charge in [-0.15, -0.1) is 10.2 Å². The van der Waals surface area contributed by atoms with Gasteiger partial charge in [-0.1, -0.05) is 44.5 Å². The van der Waals surface area contributed by atoms with E-state index in [0.717, 1.165) is 6.42 Å². The summed E-state index contributed by atoms with van der Waals surface area (Å²) in [6.07, 6.45) is 0.860. The van der Waals surface area contributed by atoms with E-state index in [-0.39, 0.29) is 18.4 Å². The van der Waals surface area contributed by atoms with Crippen molar-refractivity contribution in [1.29, 1.82) is 5.26 Å². The first-order chi connectivity index (χ1) is 13.3. The summed E-state index contributed by atoms with van der Waals surface area (Å²) in [5.41, 5.74) is -0.235. The van der Waals surface area contributed by atoms with E-state index >= 15 is 0 Å². The average Bonchev–Trinajstić information content (AvgIpc) is 3.10. The lowest BCUT2D eigenvalue weighted by atomic mass is 9.90. The molecule has 1 atom stereocenters. The highest BCUT2D eigenvalue weighted by atomic mass is 35.5. The highest BCUT2D eigenvalue weighted by Crippen LogP contribution is 2.26. The minimum atomic E-state index is -0.906. The van der Waals surface area contributed by atoms with Gasteiger partial charge in [0.05, 0.1) is 29.7 Å². The zero-order valence-corrected chi connectivity index (χ0v) is 17.5. The van der Waals surface area contributed by atoms with Crippen LogP contribution in [0.2, 0.25) is 5.02 Å². The lowest BCUT2D eigenvalue weighted by molar-refractivity contribution is -0.124. The minimum absolute atomic E-state index is 0.00445. The van der Waals surface area contributed by atoms with E-state index in [4.69, 9.17) is 16.0 Å². The second-order valence-electron chi connectivity index (χ2n) is 7.21. The van der Waals surface area contributed by atoms with Gasteiger partial charge in [-0.2, -0.15) is 5.26 Å². The number of rotatable bonds is 9. The molecule has 0 spiro atoms. The lowest BCUT2D eigenvalue weighted by Gasteiger charge is -2.29. The predicted molar refractivity (Wildman–Crippen MR) is 107 cm³/mol. The SMILES string of the molecule is CCCN(CC(=O)NC(C)(C#N)C(C)C)Cc1nnc(-c2ccccc2Cl)o1. The fourth-order valence-corrected chi connectivity index (χ4v) is 2.83. The molecule has 2 rings (SSSR count). The first kappa shape index (κ1) is 21.9. The molecule has 0 saturated heterocycles. The molecule has 1 unspecified atom stereocenters. The van der Waals surface area contributed by atoms with Crippen molar-refractivity contribution in [3.8, 4) is 17.5 Å². The Bertz CT molecular complexity index is 845. The van der Waals surface area contributed by atoms with Crippen LogP contribution in [0.1, 0.15) is 40.0 Å². The number of nitrogens with zero attached hydrogens (tertiary/aromatic N) is 4. The number of halogens is 1. The molecule has 0 aliphatic carbocycles. The van der Waals surface area contributed by atoms with Crippen LogP contribution in [0, 0.1) is 17.2 Å². The van der Waals surface area contributed by atoms with Crippen molar-refractivity contribution < 1.29 is 9.21 Å². The number of carbonyl (C=O) groups excluding carboxylic acids is 1. The normalized spacial score (nSPS) is 13.4. The van der Waals surface area contributed by atoms with Crippen LogP contribution in [0.5, 0.6) is 0 Å². The van der Waals surface area contributed by atoms with E-state index in [1.807, 2.05) is 43.9 Å². The maximum Gasteiger partial charge on any atom is 0.249 e. The molecule has 0 bridgehead atoms. The van der Waals surface area contributed by atoms with Gasteiger partial charge in [0.15, 0.2) is 0 Å². The van der Waals surface area contributed by atoms with Gasteiger partial charge < -0.3 is 9.73 Å². The number of aromatic nitrogens is 2. The predicted octanol–water partition coefficient (Wildman–Crippen LogP) is 3.66. The van der Waals surface area contributed by atoms with Crippen LogP contribution in [0.15, 0.2) is 28.7 Å². The molecule has 1 heterocycles. The van der Waals surface area contributed by atoms with Crippen molar-refractivity contribution >= 4 is 17.5 Å². The second-order valence-corrected chi connectivity index (χ2v) is 7.62. The van der Waals surface area contributed by atoms with Gasteiger partial charge in [-0.25, -0.2) is 0 Å². The third kappa shape index (κ3) is 5.54. The van der Waals surface area contributed by atoms with Gasteiger partial charge in [-0.05, 0) is 37.9 Å². The smallest absolute Gasteiger partial charge is 0.249 e. The van der Waals surface area contributed by atoms with Crippen LogP contribution < -0.4 is 5.32 Å². The van der Waals surface area contributed by atoms with E-state index in [9.17, 15) is 10.1 Å². The Hall–Kier alpha value is -2.43. The van der Waals surface area contributed by atoms with Crippen molar-refractivity contribution in [2.75, 3.05) is 13.1 Å². The fraction of sp³-hybridized carbons (Fsp3) is 0.500. The van der Waals surface area contributed by atoms with Gasteiger partial charge in [0, 0.05) is 0 Å². The van der Waals surface area contributed by atoms with Crippen molar-refractivity contribution in [3.63, 3.8) is 0 Å². The molecule has 0 radical (unpaired) electrons. The van der Waals surface area contributed by atoms with Gasteiger partial charge in [0.25, 0.3) is 0 Å². The highest BCUT2D eigenvalue weighted by molar-refractivity contribution is 6.33. The third-order valence-electron chi connectivity index (χ3n) is 4.62. The number of nitriles is 1. The Kier molecular flexibility index (Phi) is 7.55. The molecular formula is C20H26ClN5O2. The summed E-state index contributed by atoms with van der Waals surface area (Å²) < 4.78 is 5.74. The first-order valence-corrected chi connectivity index (χ1v) is 9.68. The van der Waals surface area contributed by atoms with Crippen LogP contribution in [0.25, 0.3) is 11.5 Å². The Labute approximate surface area is 170 Å². The van der Waals surface area contributed by atoms with E-state index in [2.05, 4.69) is 21.6 Å². The van der Waals surface area contributed by atoms with Gasteiger partial charge in [0.2, 0.25) is 17.7 Å². The van der Waals surface area contributed by atoms with E-state index < -0.39 is 5.54 Å². The molecule has 1 aromatic carbocycles. The Balaban J connectivity index is 2.06. The lowest BCUT2D eigenvalue weighted by Crippen LogP contribution is -2.51. The van der Waals surface area contributed by atoms with Crippen LogP contribution in [0.4, 0.5) is 0 Å².